The summed E-state index contributed by atoms with van der Waals surface area (Å²) in [5.41, 5.74) is 10.6. The standard InChI is InChI=1S/C9H9Cl2N3O3/c10-4-1-3(2-5(11)6(4)12)14-9(17)7(15)8(13)16/h1-2,7,15H,12H2,(H2,13,16)(H,14,17). The molecule has 17 heavy (non-hydrogen) atoms. The number of carbonyl (C=O) groups is 2. The van der Waals surface area contributed by atoms with E-state index in [1.165, 1.54) is 12.1 Å². The molecule has 0 bridgehead atoms. The number of rotatable bonds is 3. The zero-order valence-corrected chi connectivity index (χ0v) is 9.92. The Balaban J connectivity index is 2.90. The second-order valence-corrected chi connectivity index (χ2v) is 3.96. The molecule has 0 aliphatic carbocycles. The molecule has 6 nitrogen and oxygen atoms in total. The lowest BCUT2D eigenvalue weighted by molar-refractivity contribution is -0.136. The van der Waals surface area contributed by atoms with E-state index in [1.807, 2.05) is 0 Å². The minimum absolute atomic E-state index is 0.140. The summed E-state index contributed by atoms with van der Waals surface area (Å²) in [6, 6.07) is 2.66. The quantitative estimate of drug-likeness (QED) is 0.471. The van der Waals surface area contributed by atoms with Crippen molar-refractivity contribution >= 4 is 46.4 Å². The third kappa shape index (κ3) is 3.23. The van der Waals surface area contributed by atoms with Crippen molar-refractivity contribution in [2.45, 2.75) is 6.10 Å². The summed E-state index contributed by atoms with van der Waals surface area (Å²) in [6.45, 7) is 0. The number of hydrogen-bond acceptors (Lipinski definition) is 4. The summed E-state index contributed by atoms with van der Waals surface area (Å²) in [5, 5.41) is 11.6. The van der Waals surface area contributed by atoms with E-state index < -0.39 is 17.9 Å². The Bertz CT molecular complexity index is 456. The molecule has 2 amide bonds. The van der Waals surface area contributed by atoms with Crippen LogP contribution in [0.15, 0.2) is 12.1 Å². The normalized spacial score (nSPS) is 11.9. The van der Waals surface area contributed by atoms with E-state index in [0.29, 0.717) is 0 Å². The topological polar surface area (TPSA) is 118 Å². The van der Waals surface area contributed by atoms with Gasteiger partial charge in [0, 0.05) is 5.69 Å². The third-order valence-corrected chi connectivity index (χ3v) is 2.49. The van der Waals surface area contributed by atoms with Gasteiger partial charge in [-0.15, -0.1) is 0 Å². The van der Waals surface area contributed by atoms with E-state index in [0.717, 1.165) is 0 Å². The van der Waals surface area contributed by atoms with Crippen molar-refractivity contribution in [1.82, 2.24) is 0 Å². The molecular formula is C9H9Cl2N3O3. The zero-order valence-electron chi connectivity index (χ0n) is 8.41. The molecule has 0 fully saturated rings. The van der Waals surface area contributed by atoms with Crippen molar-refractivity contribution in [3.8, 4) is 0 Å². The lowest BCUT2D eigenvalue weighted by atomic mass is 10.2. The Morgan fingerprint density at radius 1 is 1.29 bits per heavy atom. The first-order chi connectivity index (χ1) is 7.82. The van der Waals surface area contributed by atoms with Crippen LogP contribution < -0.4 is 16.8 Å². The molecule has 0 aliphatic rings. The van der Waals surface area contributed by atoms with E-state index in [9.17, 15) is 9.59 Å². The Kier molecular flexibility index (Phi) is 4.17. The summed E-state index contributed by atoms with van der Waals surface area (Å²) < 4.78 is 0. The number of nitrogens with two attached hydrogens (primary N) is 2. The Morgan fingerprint density at radius 3 is 2.18 bits per heavy atom. The molecule has 0 aliphatic heterocycles. The van der Waals surface area contributed by atoms with Crippen LogP contribution in [0, 0.1) is 0 Å². The van der Waals surface area contributed by atoms with E-state index >= 15 is 0 Å². The Hall–Kier alpha value is -1.50. The van der Waals surface area contributed by atoms with Crippen LogP contribution in [0.4, 0.5) is 11.4 Å². The second-order valence-electron chi connectivity index (χ2n) is 3.15. The van der Waals surface area contributed by atoms with Crippen molar-refractivity contribution in [2.24, 2.45) is 5.73 Å². The van der Waals surface area contributed by atoms with Crippen molar-refractivity contribution < 1.29 is 14.7 Å². The Labute approximate surface area is 106 Å². The van der Waals surface area contributed by atoms with Gasteiger partial charge in [-0.1, -0.05) is 23.2 Å². The lowest BCUT2D eigenvalue weighted by Gasteiger charge is -2.10. The molecule has 0 aromatic heterocycles. The van der Waals surface area contributed by atoms with E-state index in [4.69, 9.17) is 39.8 Å². The highest BCUT2D eigenvalue weighted by Crippen LogP contribution is 2.31. The second kappa shape index (κ2) is 5.22. The van der Waals surface area contributed by atoms with Gasteiger partial charge in [0.25, 0.3) is 11.8 Å². The summed E-state index contributed by atoms with van der Waals surface area (Å²) in [5.74, 6) is -2.13. The molecule has 0 heterocycles. The number of aliphatic hydroxyl groups is 1. The van der Waals surface area contributed by atoms with Gasteiger partial charge in [-0.25, -0.2) is 0 Å². The number of nitrogens with one attached hydrogen (secondary N) is 1. The van der Waals surface area contributed by atoms with Gasteiger partial charge in [0.15, 0.2) is 0 Å². The van der Waals surface area contributed by atoms with Crippen LogP contribution in [-0.2, 0) is 9.59 Å². The molecule has 92 valence electrons. The number of primary amides is 1. The summed E-state index contributed by atoms with van der Waals surface area (Å²) in [6.07, 6.45) is -1.94. The molecule has 0 saturated carbocycles. The van der Waals surface area contributed by atoms with Gasteiger partial charge in [0.05, 0.1) is 15.7 Å². The van der Waals surface area contributed by atoms with Crippen molar-refractivity contribution in [1.29, 1.82) is 0 Å². The van der Waals surface area contributed by atoms with Crippen LogP contribution in [0.1, 0.15) is 0 Å². The largest absolute Gasteiger partial charge is 0.396 e. The molecule has 1 aromatic rings. The predicted octanol–water partition coefficient (Wildman–Crippen LogP) is 0.360. The SMILES string of the molecule is NC(=O)C(O)C(=O)Nc1cc(Cl)c(N)c(Cl)c1. The first kappa shape index (κ1) is 13.6. The minimum Gasteiger partial charge on any atom is -0.396 e. The third-order valence-electron chi connectivity index (χ3n) is 1.86. The molecule has 1 unspecified atom stereocenters. The van der Waals surface area contributed by atoms with Crippen LogP contribution in [0.3, 0.4) is 0 Å². The van der Waals surface area contributed by atoms with E-state index in [-0.39, 0.29) is 21.4 Å². The van der Waals surface area contributed by atoms with Crippen molar-refractivity contribution in [3.05, 3.63) is 22.2 Å². The van der Waals surface area contributed by atoms with Gasteiger partial charge >= 0.3 is 0 Å². The van der Waals surface area contributed by atoms with Crippen molar-refractivity contribution in [2.75, 3.05) is 11.1 Å². The molecular weight excluding hydrogens is 269 g/mol. The van der Waals surface area contributed by atoms with Crippen LogP contribution in [0.2, 0.25) is 10.0 Å². The summed E-state index contributed by atoms with van der Waals surface area (Å²) >= 11 is 11.5. The number of halogens is 2. The molecule has 1 atom stereocenters. The maximum atomic E-state index is 11.3. The highest BCUT2D eigenvalue weighted by atomic mass is 35.5. The van der Waals surface area contributed by atoms with Crippen LogP contribution in [-0.4, -0.2) is 23.0 Å². The average Bonchev–Trinajstić information content (AvgIpc) is 2.24. The van der Waals surface area contributed by atoms with Gasteiger partial charge in [-0.3, -0.25) is 9.59 Å². The van der Waals surface area contributed by atoms with Crippen LogP contribution >= 0.6 is 23.2 Å². The first-order valence-electron chi connectivity index (χ1n) is 4.35. The van der Waals surface area contributed by atoms with Gasteiger partial charge in [-0.2, -0.15) is 0 Å². The fraction of sp³-hybridized carbons (Fsp3) is 0.111. The molecule has 0 saturated heterocycles. The summed E-state index contributed by atoms with van der Waals surface area (Å²) in [7, 11) is 0. The minimum atomic E-state index is -1.94. The molecule has 0 spiro atoms. The fourth-order valence-electron chi connectivity index (χ4n) is 0.996. The number of benzene rings is 1. The maximum Gasteiger partial charge on any atom is 0.263 e. The molecule has 0 radical (unpaired) electrons. The first-order valence-corrected chi connectivity index (χ1v) is 5.11. The number of carbonyl (C=O) groups excluding carboxylic acids is 2. The number of nitrogen functional groups attached to an aromatic ring is 1. The zero-order chi connectivity index (χ0) is 13.2. The molecule has 1 rings (SSSR count). The molecule has 6 N–H and O–H groups in total. The Morgan fingerprint density at radius 2 is 1.76 bits per heavy atom. The predicted molar refractivity (Wildman–Crippen MR) is 64.7 cm³/mol. The molecule has 1 aromatic carbocycles. The monoisotopic (exact) mass is 277 g/mol. The van der Waals surface area contributed by atoms with Crippen LogP contribution in [0.5, 0.6) is 0 Å². The highest BCUT2D eigenvalue weighted by Gasteiger charge is 2.21. The van der Waals surface area contributed by atoms with Gasteiger partial charge in [0.2, 0.25) is 6.10 Å². The lowest BCUT2D eigenvalue weighted by Crippen LogP contribution is -2.39. The number of aliphatic hydroxyl groups excluding tert-OH is 1. The summed E-state index contributed by atoms with van der Waals surface area (Å²) in [4.78, 5) is 21.8. The van der Waals surface area contributed by atoms with Gasteiger partial charge in [-0.05, 0) is 12.1 Å². The number of anilines is 2. The van der Waals surface area contributed by atoms with E-state index in [2.05, 4.69) is 5.32 Å². The molecule has 8 heteroatoms. The fourth-order valence-corrected chi connectivity index (χ4v) is 1.48. The van der Waals surface area contributed by atoms with E-state index in [1.54, 1.807) is 0 Å². The van der Waals surface area contributed by atoms with Crippen LogP contribution in [0.25, 0.3) is 0 Å². The number of hydrogen-bond donors (Lipinski definition) is 4. The van der Waals surface area contributed by atoms with Crippen molar-refractivity contribution in [3.63, 3.8) is 0 Å². The van der Waals surface area contributed by atoms with Gasteiger partial charge < -0.3 is 21.9 Å². The van der Waals surface area contributed by atoms with Gasteiger partial charge in [0.1, 0.15) is 0 Å². The average molecular weight is 278 g/mol. The highest BCUT2D eigenvalue weighted by molar-refractivity contribution is 6.39. The maximum absolute atomic E-state index is 11.3. The number of amides is 2. The smallest absolute Gasteiger partial charge is 0.263 e.